The molecule has 0 atom stereocenters. The molecule has 3 nitrogen and oxygen atoms in total. The van der Waals surface area contributed by atoms with Crippen molar-refractivity contribution in [1.29, 1.82) is 0 Å². The Morgan fingerprint density at radius 2 is 1.90 bits per heavy atom. The summed E-state index contributed by atoms with van der Waals surface area (Å²) in [5.74, 6) is 0.894. The van der Waals surface area contributed by atoms with Crippen LogP contribution in [0.1, 0.15) is 11.1 Å². The van der Waals surface area contributed by atoms with Crippen molar-refractivity contribution in [2.45, 2.75) is 13.5 Å². The lowest BCUT2D eigenvalue weighted by Gasteiger charge is -2.18. The van der Waals surface area contributed by atoms with Gasteiger partial charge >= 0.3 is 0 Å². The van der Waals surface area contributed by atoms with Gasteiger partial charge in [-0.15, -0.1) is 0 Å². The van der Waals surface area contributed by atoms with Gasteiger partial charge in [-0.25, -0.2) is 0 Å². The molecule has 2 rings (SSSR count). The van der Waals surface area contributed by atoms with Crippen molar-refractivity contribution in [3.8, 4) is 5.75 Å². The van der Waals surface area contributed by atoms with Crippen LogP contribution in [0.5, 0.6) is 5.75 Å². The van der Waals surface area contributed by atoms with Gasteiger partial charge in [-0.2, -0.15) is 0 Å². The number of halogens is 1. The quantitative estimate of drug-likeness (QED) is 0.863. The second kappa shape index (κ2) is 6.85. The predicted octanol–water partition coefficient (Wildman–Crippen LogP) is 4.44. The summed E-state index contributed by atoms with van der Waals surface area (Å²) in [5.41, 5.74) is 4.72. The van der Waals surface area contributed by atoms with Crippen LogP contribution in [-0.4, -0.2) is 21.2 Å². The van der Waals surface area contributed by atoms with Crippen molar-refractivity contribution in [3.05, 3.63) is 52.0 Å². The molecule has 0 radical (unpaired) electrons. The van der Waals surface area contributed by atoms with Crippen LogP contribution in [0, 0.1) is 6.92 Å². The normalized spacial score (nSPS) is 10.3. The van der Waals surface area contributed by atoms with E-state index in [4.69, 9.17) is 4.74 Å². The van der Waals surface area contributed by atoms with E-state index in [9.17, 15) is 0 Å². The van der Waals surface area contributed by atoms with E-state index in [-0.39, 0.29) is 0 Å². The molecule has 0 heterocycles. The minimum absolute atomic E-state index is 0.721. The summed E-state index contributed by atoms with van der Waals surface area (Å²) in [5, 5.41) is 3.46. The first-order chi connectivity index (χ1) is 10.0. The first-order valence-electron chi connectivity index (χ1n) is 6.85. The second-order valence-electron chi connectivity index (χ2n) is 5.21. The zero-order valence-corrected chi connectivity index (χ0v) is 14.5. The zero-order chi connectivity index (χ0) is 15.4. The molecular weight excluding hydrogens is 328 g/mol. The van der Waals surface area contributed by atoms with Crippen LogP contribution in [0.25, 0.3) is 0 Å². The van der Waals surface area contributed by atoms with Crippen molar-refractivity contribution >= 4 is 27.3 Å². The van der Waals surface area contributed by atoms with Crippen LogP contribution in [0.4, 0.5) is 11.4 Å². The lowest BCUT2D eigenvalue weighted by molar-refractivity contribution is 0.410. The van der Waals surface area contributed by atoms with E-state index in [1.807, 2.05) is 12.1 Å². The topological polar surface area (TPSA) is 24.5 Å². The number of hydrogen-bond donors (Lipinski definition) is 1. The maximum atomic E-state index is 5.40. The number of methoxy groups -OCH3 is 1. The van der Waals surface area contributed by atoms with Crippen LogP contribution in [0.3, 0.4) is 0 Å². The highest BCUT2D eigenvalue weighted by molar-refractivity contribution is 9.10. The van der Waals surface area contributed by atoms with E-state index >= 15 is 0 Å². The number of rotatable bonds is 5. The predicted molar refractivity (Wildman–Crippen MR) is 93.5 cm³/mol. The molecule has 0 amide bonds. The van der Waals surface area contributed by atoms with E-state index in [1.54, 1.807) is 7.11 Å². The average Bonchev–Trinajstić information content (AvgIpc) is 2.46. The third kappa shape index (κ3) is 3.91. The fourth-order valence-corrected chi connectivity index (χ4v) is 2.69. The maximum Gasteiger partial charge on any atom is 0.123 e. The number of aryl methyl sites for hydroxylation is 1. The van der Waals surface area contributed by atoms with Gasteiger partial charge in [0.1, 0.15) is 5.75 Å². The van der Waals surface area contributed by atoms with E-state index in [0.717, 1.165) is 28.0 Å². The van der Waals surface area contributed by atoms with Crippen molar-refractivity contribution in [2.24, 2.45) is 0 Å². The Bertz CT molecular complexity index is 626. The highest BCUT2D eigenvalue weighted by Crippen LogP contribution is 2.26. The summed E-state index contributed by atoms with van der Waals surface area (Å²) >= 11 is 3.50. The summed E-state index contributed by atoms with van der Waals surface area (Å²) in [7, 11) is 5.82. The number of nitrogens with one attached hydrogen (secondary N) is 1. The maximum absolute atomic E-state index is 5.40. The van der Waals surface area contributed by atoms with E-state index in [0.29, 0.717) is 0 Å². The molecule has 2 aromatic rings. The number of anilines is 2. The standard InChI is InChI=1S/C17H21BrN2O/c1-12-5-7-15(10-16(12)20(2)3)19-11-13-9-14(18)6-8-17(13)21-4/h5-10,19H,11H2,1-4H3. The van der Waals surface area contributed by atoms with Gasteiger partial charge in [0.2, 0.25) is 0 Å². The lowest BCUT2D eigenvalue weighted by atomic mass is 10.1. The average molecular weight is 349 g/mol. The van der Waals surface area contributed by atoms with Crippen molar-refractivity contribution < 1.29 is 4.74 Å². The number of benzene rings is 2. The van der Waals surface area contributed by atoms with Gasteiger partial charge in [-0.05, 0) is 42.8 Å². The van der Waals surface area contributed by atoms with E-state index in [1.165, 1.54) is 11.3 Å². The fourth-order valence-electron chi connectivity index (χ4n) is 2.28. The molecule has 112 valence electrons. The molecule has 0 aromatic heterocycles. The molecule has 0 aliphatic rings. The Morgan fingerprint density at radius 3 is 2.57 bits per heavy atom. The largest absolute Gasteiger partial charge is 0.496 e. The SMILES string of the molecule is COc1ccc(Br)cc1CNc1ccc(C)c(N(C)C)c1. The summed E-state index contributed by atoms with van der Waals surface area (Å²) < 4.78 is 6.45. The molecule has 0 unspecified atom stereocenters. The molecule has 0 fully saturated rings. The number of ether oxygens (including phenoxy) is 1. The molecule has 1 N–H and O–H groups in total. The van der Waals surface area contributed by atoms with Gasteiger partial charge in [-0.1, -0.05) is 22.0 Å². The molecule has 0 aliphatic carbocycles. The molecule has 0 saturated carbocycles. The molecule has 0 bridgehead atoms. The summed E-state index contributed by atoms with van der Waals surface area (Å²) in [4.78, 5) is 2.13. The third-order valence-corrected chi connectivity index (χ3v) is 3.91. The van der Waals surface area contributed by atoms with Crippen molar-refractivity contribution in [3.63, 3.8) is 0 Å². The van der Waals surface area contributed by atoms with Crippen LogP contribution in [0.2, 0.25) is 0 Å². The van der Waals surface area contributed by atoms with Crippen LogP contribution in [0.15, 0.2) is 40.9 Å². The van der Waals surface area contributed by atoms with Gasteiger partial charge in [-0.3, -0.25) is 0 Å². The summed E-state index contributed by atoms with van der Waals surface area (Å²) in [6.07, 6.45) is 0. The second-order valence-corrected chi connectivity index (χ2v) is 6.12. The van der Waals surface area contributed by atoms with Gasteiger partial charge < -0.3 is 15.0 Å². The molecule has 2 aromatic carbocycles. The Kier molecular flexibility index (Phi) is 5.12. The van der Waals surface area contributed by atoms with Crippen LogP contribution >= 0.6 is 15.9 Å². The highest BCUT2D eigenvalue weighted by atomic mass is 79.9. The lowest BCUT2D eigenvalue weighted by Crippen LogP contribution is -2.11. The molecular formula is C17H21BrN2O. The first kappa shape index (κ1) is 15.7. The fraction of sp³-hybridized carbons (Fsp3) is 0.294. The smallest absolute Gasteiger partial charge is 0.123 e. The van der Waals surface area contributed by atoms with Crippen molar-refractivity contribution in [2.75, 3.05) is 31.4 Å². The third-order valence-electron chi connectivity index (χ3n) is 3.42. The van der Waals surface area contributed by atoms with Gasteiger partial charge in [0.05, 0.1) is 7.11 Å². The Hall–Kier alpha value is -1.68. The zero-order valence-electron chi connectivity index (χ0n) is 12.9. The van der Waals surface area contributed by atoms with Gasteiger partial charge in [0.15, 0.2) is 0 Å². The summed E-state index contributed by atoms with van der Waals surface area (Å²) in [6, 6.07) is 12.4. The minimum atomic E-state index is 0.721. The van der Waals surface area contributed by atoms with Crippen LogP contribution in [-0.2, 0) is 6.54 Å². The Labute approximate surface area is 135 Å². The Morgan fingerprint density at radius 1 is 1.14 bits per heavy atom. The van der Waals surface area contributed by atoms with E-state index < -0.39 is 0 Å². The molecule has 0 aliphatic heterocycles. The van der Waals surface area contributed by atoms with E-state index in [2.05, 4.69) is 71.4 Å². The highest BCUT2D eigenvalue weighted by Gasteiger charge is 2.06. The van der Waals surface area contributed by atoms with Crippen molar-refractivity contribution in [1.82, 2.24) is 0 Å². The Balaban J connectivity index is 2.17. The molecule has 4 heteroatoms. The molecule has 0 spiro atoms. The number of nitrogens with zero attached hydrogens (tertiary/aromatic N) is 1. The summed E-state index contributed by atoms with van der Waals surface area (Å²) in [6.45, 7) is 2.84. The monoisotopic (exact) mass is 348 g/mol. The minimum Gasteiger partial charge on any atom is -0.496 e. The molecule has 0 saturated heterocycles. The number of hydrogen-bond acceptors (Lipinski definition) is 3. The molecule has 21 heavy (non-hydrogen) atoms. The van der Waals surface area contributed by atoms with Crippen LogP contribution < -0.4 is 15.0 Å². The first-order valence-corrected chi connectivity index (χ1v) is 7.65. The van der Waals surface area contributed by atoms with Gasteiger partial charge in [0.25, 0.3) is 0 Å². The van der Waals surface area contributed by atoms with Gasteiger partial charge in [0, 0.05) is 42.1 Å².